The molecule has 2 N–H and O–H groups in total. The summed E-state index contributed by atoms with van der Waals surface area (Å²) in [5.41, 5.74) is 4.92. The van der Waals surface area contributed by atoms with E-state index >= 15 is 4.39 Å². The highest BCUT2D eigenvalue weighted by molar-refractivity contribution is 7.23. The van der Waals surface area contributed by atoms with Gasteiger partial charge in [-0.15, -0.1) is 11.3 Å². The monoisotopic (exact) mass is 678 g/mol. The van der Waals surface area contributed by atoms with E-state index in [-0.39, 0.29) is 84.9 Å². The van der Waals surface area contributed by atoms with Gasteiger partial charge in [0.05, 0.1) is 38.8 Å². The number of halogens is 6. The van der Waals surface area contributed by atoms with Crippen molar-refractivity contribution in [1.29, 1.82) is 5.26 Å². The number of aromatic nitrogens is 2. The first kappa shape index (κ1) is 31.0. The molecule has 242 valence electrons. The zero-order valence-corrected chi connectivity index (χ0v) is 26.3. The second kappa shape index (κ2) is 11.2. The smallest absolute Gasteiger partial charge is 0.319 e. The van der Waals surface area contributed by atoms with Gasteiger partial charge in [-0.05, 0) is 44.9 Å². The largest absolute Gasteiger partial charge is 0.486 e. The Kier molecular flexibility index (Phi) is 7.57. The number of nitrogens with zero attached hydrogens (tertiary/aromatic N) is 5. The summed E-state index contributed by atoms with van der Waals surface area (Å²) in [7, 11) is 0. The highest BCUT2D eigenvalue weighted by atomic mass is 35.5. The lowest BCUT2D eigenvalue weighted by atomic mass is 9.95. The van der Waals surface area contributed by atoms with Gasteiger partial charge in [0.15, 0.2) is 11.6 Å². The molecule has 3 aliphatic rings. The van der Waals surface area contributed by atoms with Gasteiger partial charge in [-0.2, -0.15) is 15.2 Å². The number of nitriles is 1. The van der Waals surface area contributed by atoms with E-state index in [1.807, 2.05) is 11.0 Å². The minimum absolute atomic E-state index is 0.0168. The number of fused-ring (bicyclic) bond motifs is 2. The molecule has 0 amide bonds. The molecule has 3 aliphatic heterocycles. The first-order valence-electron chi connectivity index (χ1n) is 14.8. The third-order valence-electron chi connectivity index (χ3n) is 9.45. The summed E-state index contributed by atoms with van der Waals surface area (Å²) in [6.07, 6.45) is -2.72. The molecule has 4 aromatic rings. The standard InChI is InChI=1S/C31H28ClF5N6O2S/c1-13-14(2)45-26-22-25(24(37)21(23(26)32)16-4-5-18(34)27-20(16)17(9-38)28(39)46-27)40-30(41-29(22)43(13)11-19(35)36)44-12-31-6-3-7-42(31)10-15(33)8-31/h4-5,13-15,19H,3,6-8,10-12,39H2,1-2H3/t13?,14?,15-,31+/m1/s1. The summed E-state index contributed by atoms with van der Waals surface area (Å²) in [6, 6.07) is 3.41. The van der Waals surface area contributed by atoms with Crippen LogP contribution in [-0.2, 0) is 0 Å². The number of hydrogen-bond donors (Lipinski definition) is 1. The van der Waals surface area contributed by atoms with E-state index in [0.717, 1.165) is 23.8 Å². The maximum atomic E-state index is 17.0. The fourth-order valence-electron chi connectivity index (χ4n) is 7.14. The van der Waals surface area contributed by atoms with E-state index in [2.05, 4.69) is 9.97 Å². The van der Waals surface area contributed by atoms with Gasteiger partial charge in [0.25, 0.3) is 6.43 Å². The normalized spacial score (nSPS) is 24.4. The van der Waals surface area contributed by atoms with Crippen LogP contribution in [0.2, 0.25) is 5.02 Å². The van der Waals surface area contributed by atoms with Crippen molar-refractivity contribution in [2.75, 3.05) is 36.9 Å². The molecule has 2 aromatic carbocycles. The first-order valence-corrected chi connectivity index (χ1v) is 16.0. The Morgan fingerprint density at radius 1 is 1.26 bits per heavy atom. The van der Waals surface area contributed by atoms with Crippen LogP contribution in [0.1, 0.15) is 38.7 Å². The minimum Gasteiger partial charge on any atom is -0.486 e. The Morgan fingerprint density at radius 3 is 2.78 bits per heavy atom. The average molecular weight is 679 g/mol. The van der Waals surface area contributed by atoms with Crippen LogP contribution in [0.3, 0.4) is 0 Å². The Hall–Kier alpha value is -3.67. The second-order valence-electron chi connectivity index (χ2n) is 12.1. The molecule has 0 saturated carbocycles. The van der Waals surface area contributed by atoms with Crippen molar-refractivity contribution in [3.05, 3.63) is 34.4 Å². The summed E-state index contributed by atoms with van der Waals surface area (Å²) in [5, 5.41) is 9.71. The molecule has 4 atom stereocenters. The average Bonchev–Trinajstić information content (AvgIpc) is 3.64. The van der Waals surface area contributed by atoms with Crippen LogP contribution < -0.4 is 20.1 Å². The van der Waals surface area contributed by atoms with Crippen molar-refractivity contribution in [1.82, 2.24) is 14.9 Å². The van der Waals surface area contributed by atoms with E-state index in [1.54, 1.807) is 13.8 Å². The van der Waals surface area contributed by atoms with Crippen LogP contribution in [0.25, 0.3) is 32.1 Å². The molecule has 2 saturated heterocycles. The van der Waals surface area contributed by atoms with Gasteiger partial charge in [0, 0.05) is 23.9 Å². The summed E-state index contributed by atoms with van der Waals surface area (Å²) < 4.78 is 86.7. The summed E-state index contributed by atoms with van der Waals surface area (Å²) in [4.78, 5) is 12.3. The Labute approximate surface area is 269 Å². The lowest BCUT2D eigenvalue weighted by Crippen LogP contribution is -2.45. The number of nitrogens with two attached hydrogens (primary N) is 1. The van der Waals surface area contributed by atoms with Crippen molar-refractivity contribution < 1.29 is 31.4 Å². The molecule has 2 unspecified atom stereocenters. The predicted molar refractivity (Wildman–Crippen MR) is 166 cm³/mol. The number of thiophene rings is 1. The van der Waals surface area contributed by atoms with E-state index in [4.69, 9.17) is 26.8 Å². The van der Waals surface area contributed by atoms with Crippen molar-refractivity contribution in [2.45, 2.75) is 63.4 Å². The highest BCUT2D eigenvalue weighted by Crippen LogP contribution is 2.51. The molecule has 0 aliphatic carbocycles. The molecular weight excluding hydrogens is 651 g/mol. The Bertz CT molecular complexity index is 1940. The van der Waals surface area contributed by atoms with Gasteiger partial charge < -0.3 is 20.1 Å². The van der Waals surface area contributed by atoms with Gasteiger partial charge in [0.2, 0.25) is 0 Å². The highest BCUT2D eigenvalue weighted by Gasteiger charge is 2.49. The van der Waals surface area contributed by atoms with Crippen molar-refractivity contribution in [3.8, 4) is 29.0 Å². The molecule has 7 rings (SSSR count). The van der Waals surface area contributed by atoms with Crippen LogP contribution in [-0.4, -0.2) is 71.4 Å². The zero-order valence-electron chi connectivity index (χ0n) is 24.7. The van der Waals surface area contributed by atoms with Gasteiger partial charge >= 0.3 is 6.01 Å². The fraction of sp³-hybridized carbons (Fsp3) is 0.452. The third-order valence-corrected chi connectivity index (χ3v) is 10.8. The molecule has 5 heterocycles. The van der Waals surface area contributed by atoms with Crippen molar-refractivity contribution >= 4 is 54.7 Å². The van der Waals surface area contributed by atoms with Crippen LogP contribution in [0, 0.1) is 23.0 Å². The summed E-state index contributed by atoms with van der Waals surface area (Å²) in [5.74, 6) is -1.75. The third kappa shape index (κ3) is 4.69. The van der Waals surface area contributed by atoms with E-state index in [0.29, 0.717) is 13.0 Å². The molecule has 2 aromatic heterocycles. The molecule has 15 heteroatoms. The van der Waals surface area contributed by atoms with Crippen molar-refractivity contribution in [2.24, 2.45) is 0 Å². The minimum atomic E-state index is -2.78. The van der Waals surface area contributed by atoms with Crippen LogP contribution in [0.15, 0.2) is 12.1 Å². The molecule has 46 heavy (non-hydrogen) atoms. The summed E-state index contributed by atoms with van der Waals surface area (Å²) >= 11 is 7.76. The number of ether oxygens (including phenoxy) is 2. The number of nitrogen functional groups attached to an aromatic ring is 1. The van der Waals surface area contributed by atoms with Crippen LogP contribution in [0.5, 0.6) is 11.8 Å². The molecule has 0 radical (unpaired) electrons. The van der Waals surface area contributed by atoms with E-state index in [1.165, 1.54) is 11.0 Å². The van der Waals surface area contributed by atoms with Crippen LogP contribution >= 0.6 is 22.9 Å². The SMILES string of the molecule is CC1Oc2c(Cl)c(-c3ccc(F)c4sc(N)c(C#N)c34)c(F)c3nc(OC[C@@]45CCCN4C[C@H](F)C5)nc(c23)N(CC(F)F)C1C. The van der Waals surface area contributed by atoms with Crippen LogP contribution in [0.4, 0.5) is 32.8 Å². The molecule has 2 fully saturated rings. The molecule has 0 bridgehead atoms. The lowest BCUT2D eigenvalue weighted by molar-refractivity contribution is 0.107. The second-order valence-corrected chi connectivity index (χ2v) is 13.5. The zero-order chi connectivity index (χ0) is 32.7. The molecular formula is C31H28ClF5N6O2S. The number of benzene rings is 2. The van der Waals surface area contributed by atoms with Gasteiger partial charge in [-0.3, -0.25) is 4.90 Å². The van der Waals surface area contributed by atoms with Gasteiger partial charge in [0.1, 0.15) is 47.1 Å². The topological polar surface area (TPSA) is 101 Å². The fourth-order valence-corrected chi connectivity index (χ4v) is 8.42. The van der Waals surface area contributed by atoms with Crippen molar-refractivity contribution in [3.63, 3.8) is 0 Å². The number of alkyl halides is 3. The lowest BCUT2D eigenvalue weighted by Gasteiger charge is -2.32. The number of anilines is 2. The van der Waals surface area contributed by atoms with Gasteiger partial charge in [-0.25, -0.2) is 22.0 Å². The maximum absolute atomic E-state index is 17.0. The number of rotatable bonds is 6. The summed E-state index contributed by atoms with van der Waals surface area (Å²) in [6.45, 7) is 3.60. The molecule has 8 nitrogen and oxygen atoms in total. The Balaban J connectivity index is 1.48. The van der Waals surface area contributed by atoms with E-state index in [9.17, 15) is 22.8 Å². The molecule has 0 spiro atoms. The van der Waals surface area contributed by atoms with E-state index < -0.39 is 48.5 Å². The van der Waals surface area contributed by atoms with Gasteiger partial charge in [-0.1, -0.05) is 17.7 Å². The quantitative estimate of drug-likeness (QED) is 0.216. The number of hydrogen-bond acceptors (Lipinski definition) is 9. The first-order chi connectivity index (χ1) is 21.9. The maximum Gasteiger partial charge on any atom is 0.319 e. The predicted octanol–water partition coefficient (Wildman–Crippen LogP) is 7.09. The Morgan fingerprint density at radius 2 is 2.04 bits per heavy atom.